The fourth-order valence-electron chi connectivity index (χ4n) is 7.85. The van der Waals surface area contributed by atoms with E-state index in [1.54, 1.807) is 90.9 Å². The van der Waals surface area contributed by atoms with Crippen LogP contribution in [0.1, 0.15) is 126 Å². The van der Waals surface area contributed by atoms with Gasteiger partial charge in [0.05, 0.1) is 77.7 Å². The molecule has 22 nitrogen and oxygen atoms in total. The number of halogens is 9. The Hall–Kier alpha value is -0.901. The number of rotatable bonds is 22. The van der Waals surface area contributed by atoms with Crippen molar-refractivity contribution in [1.29, 1.82) is 0 Å². The number of amidine groups is 1. The average molecular weight is 2420 g/mol. The maximum atomic E-state index is 12.5. The van der Waals surface area contributed by atoms with Gasteiger partial charge in [-0.25, -0.2) is 14.8 Å². The summed E-state index contributed by atoms with van der Waals surface area (Å²) in [5.74, 6) is -1.23. The molecule has 7 N–H and O–H groups in total. The number of alkyl halides is 1. The summed E-state index contributed by atoms with van der Waals surface area (Å²) in [6.07, 6.45) is 5.33. The molecule has 0 radical (unpaired) electrons. The Labute approximate surface area is 687 Å². The van der Waals surface area contributed by atoms with Crippen LogP contribution in [-0.4, -0.2) is 127 Å². The van der Waals surface area contributed by atoms with Crippen molar-refractivity contribution in [3.63, 3.8) is 0 Å². The van der Waals surface area contributed by atoms with Gasteiger partial charge in [0.2, 0.25) is 11.8 Å². The Bertz CT molecular complexity index is 3190. The van der Waals surface area contributed by atoms with Crippen LogP contribution in [0.25, 0.3) is 0 Å². The Balaban J connectivity index is 0. The SMILES string of the molecule is CCC(C(=O)O)c1ccc(OC)cc1.CCOC(=O)C1CN=C(NC(=O)[C@@H](CC)c2ccc(OC)cc2)S1.CC[C@H](C(=O)Nc1ncc(C(=O)NC)s1)c1ccc(OC)cc1.CC[C@H](C(=O)O)c1ccc(OC)cc1.I[I-]I.Nc1ncc(C(=O)OCCl)s1.S.[I][V]([I])[I].[I][V][I]. The number of aliphatic imine (C=N–C) groups is 1. The molecule has 0 spiro atoms. The number of benzene rings is 4. The Morgan fingerprint density at radius 1 is 0.629 bits per heavy atom. The first-order chi connectivity index (χ1) is 45.8. The van der Waals surface area contributed by atoms with E-state index in [0.29, 0.717) is 86.7 Å². The van der Waals surface area contributed by atoms with Gasteiger partial charge in [0.15, 0.2) is 21.5 Å². The Morgan fingerprint density at radius 3 is 1.28 bits per heavy atom. The van der Waals surface area contributed by atoms with Crippen molar-refractivity contribution in [2.45, 2.75) is 89.2 Å². The van der Waals surface area contributed by atoms with Crippen molar-refractivity contribution in [3.05, 3.63) is 141 Å². The van der Waals surface area contributed by atoms with Gasteiger partial charge in [0, 0.05) is 7.05 Å². The van der Waals surface area contributed by atoms with Gasteiger partial charge in [0.1, 0.15) is 38.0 Å². The van der Waals surface area contributed by atoms with Crippen molar-refractivity contribution in [3.8, 4) is 23.0 Å². The molecule has 1 aliphatic rings. The van der Waals surface area contributed by atoms with Gasteiger partial charge in [-0.2, -0.15) is 13.5 Å². The van der Waals surface area contributed by atoms with Gasteiger partial charge in [-0.05, 0) is 103 Å². The van der Waals surface area contributed by atoms with Crippen LogP contribution in [0.3, 0.4) is 0 Å². The molecular formula is C60H76ClI8N7O15S4V2-. The molecule has 0 fully saturated rings. The first kappa shape index (κ1) is 98.2. The van der Waals surface area contributed by atoms with Crippen molar-refractivity contribution in [1.82, 2.24) is 20.6 Å². The monoisotopic (exact) mass is 2410 g/mol. The van der Waals surface area contributed by atoms with Crippen molar-refractivity contribution < 1.29 is 99.8 Å². The number of hydrogen-bond donors (Lipinski definition) is 6. The van der Waals surface area contributed by atoms with Crippen LogP contribution in [0.4, 0.5) is 10.3 Å². The fraction of sp³-hybridized carbons (Fsp3) is 0.367. The van der Waals surface area contributed by atoms with E-state index in [-0.39, 0.29) is 65.3 Å². The number of carbonyl (C=O) groups is 7. The number of nitrogens with one attached hydrogen (secondary N) is 3. The number of anilines is 2. The van der Waals surface area contributed by atoms with E-state index >= 15 is 0 Å². The molecule has 0 aliphatic carbocycles. The van der Waals surface area contributed by atoms with Crippen molar-refractivity contribution >= 4 is 254 Å². The number of nitrogens with two attached hydrogens (primary N) is 1. The van der Waals surface area contributed by atoms with Gasteiger partial charge in [0.25, 0.3) is 5.91 Å². The minimum absolute atomic E-state index is 0. The molecule has 4 aromatic carbocycles. The Kier molecular flexibility index (Phi) is 60.1. The molecule has 0 saturated carbocycles. The van der Waals surface area contributed by atoms with Crippen molar-refractivity contribution in [2.75, 3.05) is 65.8 Å². The summed E-state index contributed by atoms with van der Waals surface area (Å²) in [6.45, 7) is 10.1. The molecule has 0 bridgehead atoms. The molecule has 2 unspecified atom stereocenters. The molecule has 539 valence electrons. The molecule has 2 aromatic heterocycles. The zero-order valence-electron chi connectivity index (χ0n) is 53.9. The molecule has 0 saturated heterocycles. The molecule has 6 aromatic rings. The average Bonchev–Trinajstić information content (AvgIpc) is 1.82. The number of esters is 2. The number of thioether (sulfide) groups is 1. The topological polar surface area (TPSA) is 316 Å². The predicted octanol–water partition coefficient (Wildman–Crippen LogP) is 13.9. The van der Waals surface area contributed by atoms with Crippen LogP contribution >= 0.6 is 197 Å². The zero-order valence-corrected chi connectivity index (χ0v) is 78.1. The number of ether oxygens (including phenoxy) is 6. The number of carbonyl (C=O) groups excluding carboxylic acids is 5. The number of nitrogens with zero attached hydrogens (tertiary/aromatic N) is 3. The predicted molar refractivity (Wildman–Crippen MR) is 443 cm³/mol. The number of carboxylic acids is 2. The standard InChI is InChI=1S/C17H22N2O4S.C16H19N3O3S.2C11H14O3.C5H5ClN2O2S.I3.5HI.H2S.2V/c1-4-13(11-6-8-12(22-3)9-7-11)15(20)19-17-18-10-14(24-17)16(21)23-5-2;1-4-12(10-5-7-11(22-3)8-6-10)14(20)19-16-18-9-13(23-16)15(21)17-2;2*1-3-10(11(12)13)8-4-6-9(14-2)7-5-8;6-2-10-4(9)3-1-8-5(7)11-3;1-3-2;;;;;;;;/h6-9,13-14H,4-5,10H2,1-3H3,(H,18,19,20);5-9,12H,4H2,1-3H3,(H,17,21)(H,18,19,20);2*4-7,10H,3H2,1-2H3,(H,12,13);1H,2H2,(H2,7,8);;5*1H;1H2;;/q;;;;;-1;;;;;;;+2;+3/p-5/t13-,14?;12-;10-;;;;;;;;;;;/m000.........../s1. The summed E-state index contributed by atoms with van der Waals surface area (Å²) in [7, 11) is 8.56. The van der Waals surface area contributed by atoms with Gasteiger partial charge < -0.3 is 60.3 Å². The summed E-state index contributed by atoms with van der Waals surface area (Å²) >= 11 is 26.0. The minimum atomic E-state index is -0.780. The fourth-order valence-corrected chi connectivity index (χ4v) is 10.2. The number of thiazole rings is 2. The quantitative estimate of drug-likeness (QED) is 0.0209. The normalized spacial score (nSPS) is 12.5. The first-order valence-corrected chi connectivity index (χ1v) is 66.2. The number of carboxylic acid groups (broad SMARTS) is 2. The van der Waals surface area contributed by atoms with E-state index in [4.69, 9.17) is 51.2 Å². The molecule has 5 atom stereocenters. The van der Waals surface area contributed by atoms with E-state index in [9.17, 15) is 33.6 Å². The van der Waals surface area contributed by atoms with Gasteiger partial charge >= 0.3 is 189 Å². The summed E-state index contributed by atoms with van der Waals surface area (Å²) in [6, 6.07) is 29.0. The summed E-state index contributed by atoms with van der Waals surface area (Å²) in [4.78, 5) is 93.3. The van der Waals surface area contributed by atoms with Crippen LogP contribution in [0.15, 0.2) is 114 Å². The van der Waals surface area contributed by atoms with E-state index in [2.05, 4.69) is 173 Å². The molecular weight excluding hydrogens is 2340 g/mol. The number of aromatic nitrogens is 2. The molecule has 7 rings (SSSR count). The third-order valence-corrected chi connectivity index (χ3v) is 15.4. The number of aliphatic carboxylic acids is 2. The van der Waals surface area contributed by atoms with Crippen LogP contribution in [0.5, 0.6) is 23.0 Å². The van der Waals surface area contributed by atoms with Gasteiger partial charge in [-0.3, -0.25) is 33.8 Å². The summed E-state index contributed by atoms with van der Waals surface area (Å²) in [5.41, 5.74) is 8.75. The Morgan fingerprint density at radius 2 is 0.979 bits per heavy atom. The van der Waals surface area contributed by atoms with E-state index in [1.807, 2.05) is 76.2 Å². The molecule has 97 heavy (non-hydrogen) atoms. The first-order valence-electron chi connectivity index (χ1n) is 28.0. The van der Waals surface area contributed by atoms with E-state index < -0.39 is 29.7 Å². The van der Waals surface area contributed by atoms with E-state index in [0.717, 1.165) is 67.9 Å². The van der Waals surface area contributed by atoms with E-state index in [1.165, 1.54) is 24.2 Å². The van der Waals surface area contributed by atoms with Gasteiger partial charge in [-0.15, -0.1) is 0 Å². The van der Waals surface area contributed by atoms with Gasteiger partial charge in [-0.1, -0.05) is 122 Å². The molecule has 3 amide bonds. The zero-order chi connectivity index (χ0) is 72.7. The summed E-state index contributed by atoms with van der Waals surface area (Å²) < 4.78 is 29.7. The van der Waals surface area contributed by atoms with Crippen LogP contribution in [0.2, 0.25) is 0 Å². The second-order valence-electron chi connectivity index (χ2n) is 18.1. The third-order valence-electron chi connectivity index (χ3n) is 12.5. The molecule has 37 heteroatoms. The number of hydrogen-bond acceptors (Lipinski definition) is 20. The second kappa shape index (κ2) is 59.4. The summed E-state index contributed by atoms with van der Waals surface area (Å²) in [5, 5.41) is 26.8. The number of nitrogen functional groups attached to an aromatic ring is 1. The van der Waals surface area contributed by atoms with Crippen molar-refractivity contribution in [2.24, 2.45) is 4.99 Å². The van der Waals surface area contributed by atoms with Crippen LogP contribution < -0.4 is 53.9 Å². The third kappa shape index (κ3) is 40.8. The molecule has 3 heterocycles. The maximum absolute atomic E-state index is 12.5. The number of methoxy groups -OCH3 is 4. The van der Waals surface area contributed by atoms with Crippen LogP contribution in [-0.2, 0) is 47.8 Å². The molecule has 1 aliphatic heterocycles. The second-order valence-corrected chi connectivity index (χ2v) is 85.0. The number of amides is 3. The van der Waals surface area contributed by atoms with Crippen LogP contribution in [0, 0.1) is 0 Å².